The third-order valence-corrected chi connectivity index (χ3v) is 8.86. The van der Waals surface area contributed by atoms with Gasteiger partial charge in [-0.3, -0.25) is 0 Å². The molecule has 2 aromatic carbocycles. The second kappa shape index (κ2) is 7.99. The van der Waals surface area contributed by atoms with Gasteiger partial charge in [0.25, 0.3) is 0 Å². The van der Waals surface area contributed by atoms with Crippen LogP contribution in [0.5, 0.6) is 0 Å². The number of hydrogen-bond donors (Lipinski definition) is 1. The fourth-order valence-electron chi connectivity index (χ4n) is 5.46. The van der Waals surface area contributed by atoms with Crippen molar-refractivity contribution >= 4 is 27.3 Å². The molecule has 3 aromatic rings. The molecule has 162 valence electrons. The number of fused-ring (bicyclic) bond motifs is 2. The Balaban J connectivity index is 1.56. The second-order valence-electron chi connectivity index (χ2n) is 8.63. The maximum Gasteiger partial charge on any atom is 0.234 e. The molecule has 1 atom stereocenters. The van der Waals surface area contributed by atoms with Crippen molar-refractivity contribution in [2.24, 2.45) is 17.8 Å². The predicted octanol–water partition coefficient (Wildman–Crippen LogP) is 6.06. The van der Waals surface area contributed by atoms with E-state index in [1.165, 1.54) is 25.7 Å². The molecule has 5 rings (SSSR count). The number of nitrogens with zero attached hydrogens (tertiary/aromatic N) is 1. The number of oxazole rings is 1. The molecule has 2 saturated carbocycles. The first kappa shape index (κ1) is 20.6. The van der Waals surface area contributed by atoms with Crippen LogP contribution in [0.4, 0.5) is 5.88 Å². The summed E-state index contributed by atoms with van der Waals surface area (Å²) in [4.78, 5) is 4.61. The topological polar surface area (TPSA) is 72.2 Å². The number of aromatic nitrogens is 1. The van der Waals surface area contributed by atoms with E-state index in [1.807, 2.05) is 12.1 Å². The lowest BCUT2D eigenvalue weighted by Gasteiger charge is -2.24. The third kappa shape index (κ3) is 3.66. The number of hydrogen-bond acceptors (Lipinski definition) is 5. The standard InChI is InChI=1S/C24H25ClN2O3S/c1-15(21-16-11-12-17(21)14-13-16)26-23-24(31(28,29)18-7-3-2-4-8-18)27-22(30-23)19-9-5-6-10-20(19)25/h2-10,15-17,21,26H,11-14H2,1H3/t15-,16?,17?,21?/m0/s1. The molecule has 31 heavy (non-hydrogen) atoms. The van der Waals surface area contributed by atoms with Crippen molar-refractivity contribution in [2.45, 2.75) is 48.6 Å². The second-order valence-corrected chi connectivity index (χ2v) is 10.9. The minimum atomic E-state index is -3.86. The Kier molecular flexibility index (Phi) is 5.30. The summed E-state index contributed by atoms with van der Waals surface area (Å²) < 4.78 is 32.9. The van der Waals surface area contributed by atoms with Crippen molar-refractivity contribution in [1.82, 2.24) is 4.98 Å². The molecule has 2 fully saturated rings. The lowest BCUT2D eigenvalue weighted by atomic mass is 9.90. The zero-order valence-electron chi connectivity index (χ0n) is 17.3. The van der Waals surface area contributed by atoms with Crippen molar-refractivity contribution in [2.75, 3.05) is 5.32 Å². The Morgan fingerprint density at radius 2 is 1.61 bits per heavy atom. The van der Waals surface area contributed by atoms with Gasteiger partial charge in [0.1, 0.15) is 0 Å². The van der Waals surface area contributed by atoms with Gasteiger partial charge in [-0.1, -0.05) is 41.9 Å². The van der Waals surface area contributed by atoms with Crippen LogP contribution < -0.4 is 5.32 Å². The van der Waals surface area contributed by atoms with Gasteiger partial charge in [-0.25, -0.2) is 8.42 Å². The van der Waals surface area contributed by atoms with E-state index in [4.69, 9.17) is 16.0 Å². The maximum atomic E-state index is 13.4. The molecule has 2 aliphatic rings. The number of halogens is 1. The molecule has 0 spiro atoms. The first-order valence-electron chi connectivity index (χ1n) is 10.8. The highest BCUT2D eigenvalue weighted by molar-refractivity contribution is 7.91. The van der Waals surface area contributed by atoms with Crippen molar-refractivity contribution in [3.8, 4) is 11.5 Å². The van der Waals surface area contributed by atoms with Crippen LogP contribution in [0.25, 0.3) is 11.5 Å². The van der Waals surface area contributed by atoms with Gasteiger partial charge in [-0.2, -0.15) is 4.98 Å². The zero-order chi connectivity index (χ0) is 21.6. The lowest BCUT2D eigenvalue weighted by Crippen LogP contribution is -2.29. The molecule has 0 saturated heterocycles. The van der Waals surface area contributed by atoms with Gasteiger partial charge in [0.15, 0.2) is 0 Å². The quantitative estimate of drug-likeness (QED) is 0.487. The largest absolute Gasteiger partial charge is 0.419 e. The van der Waals surface area contributed by atoms with Crippen LogP contribution in [0.3, 0.4) is 0 Å². The maximum absolute atomic E-state index is 13.4. The van der Waals surface area contributed by atoms with E-state index in [0.717, 1.165) is 0 Å². The van der Waals surface area contributed by atoms with Crippen LogP contribution in [0.2, 0.25) is 5.02 Å². The Bertz CT molecular complexity index is 1170. The SMILES string of the molecule is C[C@H](Nc1oc(-c2ccccc2Cl)nc1S(=O)(=O)c1ccccc1)C1C2CCC1CC2. The van der Waals surface area contributed by atoms with Crippen LogP contribution in [-0.4, -0.2) is 19.4 Å². The normalized spacial score (nSPS) is 23.7. The highest BCUT2D eigenvalue weighted by atomic mass is 35.5. The Morgan fingerprint density at radius 3 is 2.26 bits per heavy atom. The number of sulfone groups is 1. The average Bonchev–Trinajstić information content (AvgIpc) is 3.49. The fourth-order valence-corrected chi connectivity index (χ4v) is 6.96. The van der Waals surface area contributed by atoms with Gasteiger partial charge >= 0.3 is 0 Å². The molecule has 2 bridgehead atoms. The Morgan fingerprint density at radius 1 is 1.00 bits per heavy atom. The van der Waals surface area contributed by atoms with Crippen molar-refractivity contribution in [3.63, 3.8) is 0 Å². The number of nitrogens with one attached hydrogen (secondary N) is 1. The number of benzene rings is 2. The fraction of sp³-hybridized carbons (Fsp3) is 0.375. The van der Waals surface area contributed by atoms with Gasteiger partial charge in [-0.05, 0) is 74.6 Å². The summed E-state index contributed by atoms with van der Waals surface area (Å²) in [5.74, 6) is 2.32. The summed E-state index contributed by atoms with van der Waals surface area (Å²) in [7, 11) is -3.86. The molecule has 1 aromatic heterocycles. The highest BCUT2D eigenvalue weighted by Crippen LogP contribution is 2.51. The molecule has 0 amide bonds. The lowest BCUT2D eigenvalue weighted by molar-refractivity contribution is 0.357. The molecule has 5 nitrogen and oxygen atoms in total. The van der Waals surface area contributed by atoms with Gasteiger partial charge in [0.2, 0.25) is 26.6 Å². The van der Waals surface area contributed by atoms with Gasteiger partial charge in [0.05, 0.1) is 15.5 Å². The smallest absolute Gasteiger partial charge is 0.234 e. The molecule has 0 radical (unpaired) electrons. The zero-order valence-corrected chi connectivity index (χ0v) is 18.9. The first-order valence-corrected chi connectivity index (χ1v) is 12.6. The Labute approximate surface area is 187 Å². The van der Waals surface area contributed by atoms with Gasteiger partial charge in [-0.15, -0.1) is 0 Å². The predicted molar refractivity (Wildman–Crippen MR) is 121 cm³/mol. The van der Waals surface area contributed by atoms with Crippen LogP contribution in [-0.2, 0) is 9.84 Å². The molecule has 1 N–H and O–H groups in total. The first-order chi connectivity index (χ1) is 14.9. The molecule has 0 unspecified atom stereocenters. The number of rotatable bonds is 6. The molecule has 7 heteroatoms. The molecule has 1 heterocycles. The summed E-state index contributed by atoms with van der Waals surface area (Å²) in [5, 5.41) is 3.75. The van der Waals surface area contributed by atoms with E-state index >= 15 is 0 Å². The van der Waals surface area contributed by atoms with Crippen LogP contribution >= 0.6 is 11.6 Å². The monoisotopic (exact) mass is 456 g/mol. The molecule has 2 aliphatic carbocycles. The Hall–Kier alpha value is -2.31. The van der Waals surface area contributed by atoms with E-state index in [1.54, 1.807) is 42.5 Å². The van der Waals surface area contributed by atoms with E-state index in [-0.39, 0.29) is 27.7 Å². The van der Waals surface area contributed by atoms with Gasteiger partial charge < -0.3 is 9.73 Å². The van der Waals surface area contributed by atoms with E-state index < -0.39 is 9.84 Å². The average molecular weight is 457 g/mol. The van der Waals surface area contributed by atoms with E-state index in [0.29, 0.717) is 28.3 Å². The van der Waals surface area contributed by atoms with E-state index in [9.17, 15) is 8.42 Å². The number of anilines is 1. The molecular formula is C24H25ClN2O3S. The highest BCUT2D eigenvalue weighted by Gasteiger charge is 2.44. The van der Waals surface area contributed by atoms with E-state index in [2.05, 4.69) is 17.2 Å². The molecule has 0 aliphatic heterocycles. The van der Waals surface area contributed by atoms with Crippen LogP contribution in [0.1, 0.15) is 32.6 Å². The molecular weight excluding hydrogens is 432 g/mol. The minimum absolute atomic E-state index is 0.0918. The van der Waals surface area contributed by atoms with Crippen LogP contribution in [0, 0.1) is 17.8 Å². The van der Waals surface area contributed by atoms with Crippen molar-refractivity contribution in [3.05, 3.63) is 59.6 Å². The third-order valence-electron chi connectivity index (χ3n) is 6.85. The minimum Gasteiger partial charge on any atom is -0.419 e. The summed E-state index contributed by atoms with van der Waals surface area (Å²) in [6, 6.07) is 15.6. The summed E-state index contributed by atoms with van der Waals surface area (Å²) in [6.07, 6.45) is 5.05. The van der Waals surface area contributed by atoms with Crippen LogP contribution in [0.15, 0.2) is 68.9 Å². The van der Waals surface area contributed by atoms with Crippen molar-refractivity contribution in [1.29, 1.82) is 0 Å². The summed E-state index contributed by atoms with van der Waals surface area (Å²) in [5.41, 5.74) is 0.565. The summed E-state index contributed by atoms with van der Waals surface area (Å²) >= 11 is 6.34. The van der Waals surface area contributed by atoms with Gasteiger partial charge in [0, 0.05) is 6.04 Å². The van der Waals surface area contributed by atoms with Crippen molar-refractivity contribution < 1.29 is 12.8 Å². The summed E-state index contributed by atoms with van der Waals surface area (Å²) in [6.45, 7) is 2.12.